The lowest BCUT2D eigenvalue weighted by atomic mass is 10.7. The van der Waals surface area contributed by atoms with Crippen molar-refractivity contribution in [2.24, 2.45) is 0 Å². The molecule has 3 nitrogen and oxygen atoms in total. The van der Waals surface area contributed by atoms with Crippen molar-refractivity contribution in [3.8, 4) is 0 Å². The Hall–Kier alpha value is -0.380. The third-order valence-corrected chi connectivity index (χ3v) is 1.99. The van der Waals surface area contributed by atoms with Gasteiger partial charge in [-0.1, -0.05) is 0 Å². The van der Waals surface area contributed by atoms with E-state index in [0.29, 0.717) is 6.04 Å². The summed E-state index contributed by atoms with van der Waals surface area (Å²) in [5, 5.41) is 4.04. The van der Waals surface area contributed by atoms with Gasteiger partial charge >= 0.3 is 0 Å². The lowest BCUT2D eigenvalue weighted by molar-refractivity contribution is 0.624. The molecule has 1 saturated carbocycles. The van der Waals surface area contributed by atoms with Gasteiger partial charge in [0, 0.05) is 0 Å². The van der Waals surface area contributed by atoms with Crippen LogP contribution in [0.25, 0.3) is 0 Å². The minimum absolute atomic E-state index is 0.627. The molecule has 0 unspecified atom stereocenters. The Morgan fingerprint density at radius 2 is 2.44 bits per heavy atom. The molecule has 1 aliphatic rings. The van der Waals surface area contributed by atoms with E-state index in [4.69, 9.17) is 0 Å². The largest absolute Gasteiger partial charge is 0.237 e. The fourth-order valence-corrected chi connectivity index (χ4v) is 1.27. The molecule has 1 aromatic rings. The van der Waals surface area contributed by atoms with E-state index in [1.54, 1.807) is 6.33 Å². The topological polar surface area (TPSA) is 30.7 Å². The first-order valence-corrected chi connectivity index (χ1v) is 3.72. The average Bonchev–Trinajstić information content (AvgIpc) is 2.58. The average molecular weight is 188 g/mol. The van der Waals surface area contributed by atoms with Crippen molar-refractivity contribution in [1.82, 2.24) is 14.8 Å². The molecule has 1 aliphatic carbocycles. The quantitative estimate of drug-likeness (QED) is 0.666. The van der Waals surface area contributed by atoms with E-state index in [-0.39, 0.29) is 0 Å². The molecule has 4 heteroatoms. The van der Waals surface area contributed by atoms with Gasteiger partial charge in [-0.3, -0.25) is 0 Å². The maximum Gasteiger partial charge on any atom is 0.195 e. The van der Waals surface area contributed by atoms with Crippen molar-refractivity contribution < 1.29 is 0 Å². The number of aromatic nitrogens is 3. The van der Waals surface area contributed by atoms with E-state index < -0.39 is 0 Å². The molecule has 0 spiro atoms. The molecule has 0 radical (unpaired) electrons. The third-order valence-electron chi connectivity index (χ3n) is 1.42. The minimum atomic E-state index is 0.627. The molecule has 9 heavy (non-hydrogen) atoms. The van der Waals surface area contributed by atoms with Crippen LogP contribution >= 0.6 is 15.9 Å². The zero-order chi connectivity index (χ0) is 6.27. The van der Waals surface area contributed by atoms with Crippen LogP contribution in [-0.4, -0.2) is 14.8 Å². The summed E-state index contributed by atoms with van der Waals surface area (Å²) in [6, 6.07) is 0.627. The summed E-state index contributed by atoms with van der Waals surface area (Å²) in [4.78, 5) is 3.95. The highest BCUT2D eigenvalue weighted by Gasteiger charge is 2.25. The van der Waals surface area contributed by atoms with Crippen LogP contribution in [0.1, 0.15) is 18.9 Å². The summed E-state index contributed by atoms with van der Waals surface area (Å²) < 4.78 is 2.77. The predicted molar refractivity (Wildman–Crippen MR) is 36.0 cm³/mol. The summed E-state index contributed by atoms with van der Waals surface area (Å²) in [6.07, 6.45) is 4.08. The van der Waals surface area contributed by atoms with Gasteiger partial charge in [0.25, 0.3) is 0 Å². The highest BCUT2D eigenvalue weighted by Crippen LogP contribution is 2.35. The fourth-order valence-electron chi connectivity index (χ4n) is 0.800. The van der Waals surface area contributed by atoms with Gasteiger partial charge in [0.2, 0.25) is 0 Å². The van der Waals surface area contributed by atoms with Gasteiger partial charge in [-0.15, -0.1) is 0 Å². The van der Waals surface area contributed by atoms with Crippen LogP contribution in [0.5, 0.6) is 0 Å². The van der Waals surface area contributed by atoms with Crippen molar-refractivity contribution in [1.29, 1.82) is 0 Å². The van der Waals surface area contributed by atoms with E-state index in [9.17, 15) is 0 Å². The van der Waals surface area contributed by atoms with Crippen LogP contribution in [-0.2, 0) is 0 Å². The van der Waals surface area contributed by atoms with Gasteiger partial charge in [0.05, 0.1) is 6.04 Å². The zero-order valence-electron chi connectivity index (χ0n) is 4.79. The van der Waals surface area contributed by atoms with Gasteiger partial charge < -0.3 is 0 Å². The summed E-state index contributed by atoms with van der Waals surface area (Å²) in [7, 11) is 0. The van der Waals surface area contributed by atoms with Crippen LogP contribution < -0.4 is 0 Å². The first-order valence-electron chi connectivity index (χ1n) is 2.93. The molecule has 0 aromatic carbocycles. The van der Waals surface area contributed by atoms with Gasteiger partial charge in [0.1, 0.15) is 6.33 Å². The number of halogens is 1. The molecule has 1 heterocycles. The summed E-state index contributed by atoms with van der Waals surface area (Å²) in [5.41, 5.74) is 0. The van der Waals surface area contributed by atoms with Crippen molar-refractivity contribution in [2.45, 2.75) is 18.9 Å². The van der Waals surface area contributed by atoms with Crippen molar-refractivity contribution in [2.75, 3.05) is 0 Å². The number of nitrogens with zero attached hydrogens (tertiary/aromatic N) is 3. The molecule has 1 aromatic heterocycles. The van der Waals surface area contributed by atoms with Crippen LogP contribution in [0.2, 0.25) is 0 Å². The smallest absolute Gasteiger partial charge is 0.195 e. The van der Waals surface area contributed by atoms with Crippen molar-refractivity contribution >= 4 is 15.9 Å². The number of hydrogen-bond acceptors (Lipinski definition) is 2. The Balaban J connectivity index is 2.35. The second kappa shape index (κ2) is 1.80. The first kappa shape index (κ1) is 5.41. The fraction of sp³-hybridized carbons (Fsp3) is 0.600. The summed E-state index contributed by atoms with van der Waals surface area (Å²) in [5.74, 6) is 0. The van der Waals surface area contributed by atoms with Gasteiger partial charge in [-0.05, 0) is 28.8 Å². The van der Waals surface area contributed by atoms with E-state index in [2.05, 4.69) is 26.0 Å². The molecule has 0 amide bonds. The van der Waals surface area contributed by atoms with Crippen LogP contribution in [0.15, 0.2) is 11.1 Å². The van der Waals surface area contributed by atoms with E-state index in [1.807, 2.05) is 4.68 Å². The van der Waals surface area contributed by atoms with Crippen molar-refractivity contribution in [3.63, 3.8) is 0 Å². The van der Waals surface area contributed by atoms with Crippen LogP contribution in [0, 0.1) is 0 Å². The Morgan fingerprint density at radius 3 is 2.89 bits per heavy atom. The maximum absolute atomic E-state index is 4.04. The second-order valence-corrected chi connectivity index (χ2v) is 2.91. The maximum atomic E-state index is 4.04. The lowest BCUT2D eigenvalue weighted by Crippen LogP contribution is -1.95. The predicted octanol–water partition coefficient (Wildman–Crippen LogP) is 1.38. The molecule has 0 N–H and O–H groups in total. The number of rotatable bonds is 1. The summed E-state index contributed by atoms with van der Waals surface area (Å²) in [6.45, 7) is 0. The third kappa shape index (κ3) is 0.871. The Kier molecular flexibility index (Phi) is 1.08. The SMILES string of the molecule is Brc1ncnn1C1CC1. The molecule has 0 saturated heterocycles. The molecule has 1 fully saturated rings. The Bertz CT molecular complexity index is 216. The minimum Gasteiger partial charge on any atom is -0.237 e. The van der Waals surface area contributed by atoms with Gasteiger partial charge in [0.15, 0.2) is 4.73 Å². The first-order chi connectivity index (χ1) is 4.38. The Morgan fingerprint density at radius 1 is 1.67 bits per heavy atom. The normalized spacial score (nSPS) is 18.3. The highest BCUT2D eigenvalue weighted by atomic mass is 79.9. The van der Waals surface area contributed by atoms with E-state index >= 15 is 0 Å². The molecule has 0 bridgehead atoms. The molecule has 2 rings (SSSR count). The Labute approximate surface area is 61.2 Å². The van der Waals surface area contributed by atoms with Gasteiger partial charge in [-0.25, -0.2) is 9.67 Å². The van der Waals surface area contributed by atoms with Crippen LogP contribution in [0.4, 0.5) is 0 Å². The highest BCUT2D eigenvalue weighted by molar-refractivity contribution is 9.10. The standard InChI is InChI=1S/C5H6BrN3/c6-5-7-3-8-9(5)4-1-2-4/h3-4H,1-2H2. The second-order valence-electron chi connectivity index (χ2n) is 2.20. The van der Waals surface area contributed by atoms with Crippen molar-refractivity contribution in [3.05, 3.63) is 11.1 Å². The van der Waals surface area contributed by atoms with E-state index in [0.717, 1.165) is 4.73 Å². The molecular weight excluding hydrogens is 182 g/mol. The van der Waals surface area contributed by atoms with Gasteiger partial charge in [-0.2, -0.15) is 5.10 Å². The molecule has 48 valence electrons. The molecular formula is C5H6BrN3. The molecule has 0 atom stereocenters. The summed E-state index contributed by atoms with van der Waals surface area (Å²) >= 11 is 3.30. The van der Waals surface area contributed by atoms with E-state index in [1.165, 1.54) is 12.8 Å². The molecule has 0 aliphatic heterocycles. The van der Waals surface area contributed by atoms with Crippen LogP contribution in [0.3, 0.4) is 0 Å². The monoisotopic (exact) mass is 187 g/mol. The zero-order valence-corrected chi connectivity index (χ0v) is 6.37. The number of hydrogen-bond donors (Lipinski definition) is 0. The lowest BCUT2D eigenvalue weighted by Gasteiger charge is -1.93.